The summed E-state index contributed by atoms with van der Waals surface area (Å²) in [5, 5.41) is 8.36. The molecule has 12 heteroatoms. The van der Waals surface area contributed by atoms with E-state index in [4.69, 9.17) is 10.5 Å². The molecule has 0 radical (unpaired) electrons. The van der Waals surface area contributed by atoms with Gasteiger partial charge < -0.3 is 31.3 Å². The lowest BCUT2D eigenvalue weighted by Gasteiger charge is -2.38. The summed E-state index contributed by atoms with van der Waals surface area (Å²) in [7, 11) is 0. The molecule has 3 saturated carbocycles. The van der Waals surface area contributed by atoms with Crippen molar-refractivity contribution in [2.75, 3.05) is 13.2 Å². The van der Waals surface area contributed by atoms with Gasteiger partial charge in [-0.25, -0.2) is 9.59 Å². The number of nitrogens with zero attached hydrogens (tertiary/aromatic N) is 1. The summed E-state index contributed by atoms with van der Waals surface area (Å²) in [6, 6.07) is -4.37. The van der Waals surface area contributed by atoms with E-state index in [1.165, 1.54) is 4.90 Å². The lowest BCUT2D eigenvalue weighted by Crippen LogP contribution is -2.62. The molecule has 4 aliphatic rings. The summed E-state index contributed by atoms with van der Waals surface area (Å²) in [5.41, 5.74) is 4.55. The van der Waals surface area contributed by atoms with Crippen LogP contribution in [0.1, 0.15) is 92.4 Å². The number of urea groups is 1. The SMILES string of the molecule is CC(C)C1CCN(C(=O)[C@@H](NC(=O)N[C@H](C(=O)OCC2CC2)C2CCC2)C(C)(C)C)[C@@H]1C(=O)NC(CC1CC1)C(=O)C(N)=O. The van der Waals surface area contributed by atoms with Crippen molar-refractivity contribution in [3.05, 3.63) is 0 Å². The van der Waals surface area contributed by atoms with Crippen molar-refractivity contribution in [1.29, 1.82) is 0 Å². The van der Waals surface area contributed by atoms with E-state index in [1.54, 1.807) is 0 Å². The van der Waals surface area contributed by atoms with Crippen molar-refractivity contribution in [3.63, 3.8) is 0 Å². The Balaban J connectivity index is 1.49. The number of carbonyl (C=O) groups excluding carboxylic acids is 6. The molecule has 2 unspecified atom stereocenters. The third-order valence-electron chi connectivity index (χ3n) is 9.70. The first-order valence-electron chi connectivity index (χ1n) is 16.4. The van der Waals surface area contributed by atoms with E-state index >= 15 is 0 Å². The molecule has 4 rings (SSSR count). The van der Waals surface area contributed by atoms with E-state index in [-0.39, 0.29) is 23.7 Å². The molecule has 0 spiro atoms. The molecule has 5 amide bonds. The highest BCUT2D eigenvalue weighted by molar-refractivity contribution is 6.37. The van der Waals surface area contributed by atoms with Gasteiger partial charge in [-0.2, -0.15) is 0 Å². The quantitative estimate of drug-likeness (QED) is 0.170. The molecule has 0 aromatic rings. The summed E-state index contributed by atoms with van der Waals surface area (Å²) < 4.78 is 5.50. The number of Topliss-reactive ketones (excluding diaryl/α,β-unsaturated/α-hetero) is 1. The van der Waals surface area contributed by atoms with Gasteiger partial charge in [0.25, 0.3) is 5.91 Å². The van der Waals surface area contributed by atoms with Crippen LogP contribution in [0.15, 0.2) is 0 Å². The molecule has 1 heterocycles. The van der Waals surface area contributed by atoms with Crippen LogP contribution in [0, 0.1) is 35.0 Å². The number of nitrogens with one attached hydrogen (secondary N) is 3. The minimum atomic E-state index is -1.10. The van der Waals surface area contributed by atoms with Gasteiger partial charge in [0.1, 0.15) is 18.1 Å². The van der Waals surface area contributed by atoms with Crippen LogP contribution < -0.4 is 21.7 Å². The summed E-state index contributed by atoms with van der Waals surface area (Å²) >= 11 is 0. The van der Waals surface area contributed by atoms with Crippen molar-refractivity contribution in [2.24, 2.45) is 40.7 Å². The molecule has 0 bridgehead atoms. The number of rotatable bonds is 14. The molecule has 1 saturated heterocycles. The number of amides is 5. The van der Waals surface area contributed by atoms with E-state index in [1.807, 2.05) is 34.6 Å². The van der Waals surface area contributed by atoms with Gasteiger partial charge in [-0.15, -0.1) is 0 Å². The summed E-state index contributed by atoms with van der Waals surface area (Å²) in [6.07, 6.45) is 7.42. The lowest BCUT2D eigenvalue weighted by molar-refractivity contribution is -0.148. The number of likely N-dealkylation sites (tertiary alicyclic amines) is 1. The van der Waals surface area contributed by atoms with Crippen LogP contribution in [-0.4, -0.2) is 77.7 Å². The van der Waals surface area contributed by atoms with E-state index in [9.17, 15) is 28.8 Å². The molecule has 4 fully saturated rings. The van der Waals surface area contributed by atoms with Crippen LogP contribution in [0.2, 0.25) is 0 Å². The molecule has 44 heavy (non-hydrogen) atoms. The first-order chi connectivity index (χ1) is 20.7. The van der Waals surface area contributed by atoms with Crippen molar-refractivity contribution in [1.82, 2.24) is 20.9 Å². The maximum atomic E-state index is 14.2. The Kier molecular flexibility index (Phi) is 10.6. The van der Waals surface area contributed by atoms with Crippen LogP contribution in [-0.2, 0) is 28.7 Å². The molecule has 1 aliphatic heterocycles. The second kappa shape index (κ2) is 13.9. The third kappa shape index (κ3) is 8.50. The highest BCUT2D eigenvalue weighted by Crippen LogP contribution is 2.36. The van der Waals surface area contributed by atoms with E-state index in [0.29, 0.717) is 31.9 Å². The molecule has 3 aliphatic carbocycles. The predicted molar refractivity (Wildman–Crippen MR) is 162 cm³/mol. The Morgan fingerprint density at radius 3 is 2.02 bits per heavy atom. The predicted octanol–water partition coefficient (Wildman–Crippen LogP) is 2.03. The number of ether oxygens (including phenoxy) is 1. The Hall–Kier alpha value is -3.18. The summed E-state index contributed by atoms with van der Waals surface area (Å²) in [6.45, 7) is 10.1. The molecular formula is C32H51N5O7. The Labute approximate surface area is 260 Å². The first-order valence-corrected chi connectivity index (χ1v) is 16.4. The minimum absolute atomic E-state index is 0.0126. The van der Waals surface area contributed by atoms with Gasteiger partial charge in [0.2, 0.25) is 17.6 Å². The van der Waals surface area contributed by atoms with Gasteiger partial charge in [-0.1, -0.05) is 53.9 Å². The minimum Gasteiger partial charge on any atom is -0.464 e. The molecule has 246 valence electrons. The third-order valence-corrected chi connectivity index (χ3v) is 9.70. The molecule has 5 atom stereocenters. The van der Waals surface area contributed by atoms with Crippen molar-refractivity contribution in [2.45, 2.75) is 117 Å². The maximum Gasteiger partial charge on any atom is 0.328 e. The highest BCUT2D eigenvalue weighted by Gasteiger charge is 2.48. The van der Waals surface area contributed by atoms with Gasteiger partial charge in [0.05, 0.1) is 12.6 Å². The maximum absolute atomic E-state index is 14.2. The normalized spacial score (nSPS) is 24.1. The number of carbonyl (C=O) groups is 6. The van der Waals surface area contributed by atoms with Crippen molar-refractivity contribution in [3.8, 4) is 0 Å². The fourth-order valence-corrected chi connectivity index (χ4v) is 6.29. The number of primary amides is 1. The van der Waals surface area contributed by atoms with Crippen LogP contribution in [0.4, 0.5) is 4.79 Å². The molecule has 0 aromatic carbocycles. The van der Waals surface area contributed by atoms with Crippen LogP contribution in [0.25, 0.3) is 0 Å². The molecule has 0 aromatic heterocycles. The zero-order valence-corrected chi connectivity index (χ0v) is 26.9. The topological polar surface area (TPSA) is 177 Å². The second-order valence-electron chi connectivity index (χ2n) is 14.8. The molecule has 5 N–H and O–H groups in total. The zero-order valence-electron chi connectivity index (χ0n) is 26.9. The van der Waals surface area contributed by atoms with Crippen LogP contribution >= 0.6 is 0 Å². The van der Waals surface area contributed by atoms with E-state index in [2.05, 4.69) is 16.0 Å². The number of hydrogen-bond donors (Lipinski definition) is 4. The largest absolute Gasteiger partial charge is 0.464 e. The fraction of sp³-hybridized carbons (Fsp3) is 0.812. The number of esters is 1. The Morgan fingerprint density at radius 2 is 1.52 bits per heavy atom. The van der Waals surface area contributed by atoms with Gasteiger partial charge in [0.15, 0.2) is 0 Å². The molecular weight excluding hydrogens is 566 g/mol. The smallest absolute Gasteiger partial charge is 0.328 e. The second-order valence-corrected chi connectivity index (χ2v) is 14.8. The van der Waals surface area contributed by atoms with Gasteiger partial charge in [-0.05, 0) is 73.5 Å². The van der Waals surface area contributed by atoms with E-state index in [0.717, 1.165) is 44.9 Å². The first kappa shape index (κ1) is 33.7. The lowest BCUT2D eigenvalue weighted by atomic mass is 9.79. The number of hydrogen-bond acceptors (Lipinski definition) is 7. The standard InChI is InChI=1S/C32H51N5O7/c1-17(2)21-13-14-37(24(21)28(40)34-22(15-18-9-10-18)25(38)27(33)39)29(41)26(32(3,4)5)36-31(43)35-23(20-7-6-8-20)30(42)44-16-19-11-12-19/h17-24,26H,6-16H2,1-5H3,(H2,33,39)(H,34,40)(H2,35,36,43)/t21?,22?,23-,24-,26+/m0/s1. The van der Waals surface area contributed by atoms with Gasteiger partial charge >= 0.3 is 12.0 Å². The highest BCUT2D eigenvalue weighted by atomic mass is 16.5. The summed E-state index contributed by atoms with van der Waals surface area (Å²) in [4.78, 5) is 80.0. The Morgan fingerprint density at radius 1 is 0.886 bits per heavy atom. The van der Waals surface area contributed by atoms with Gasteiger partial charge in [0, 0.05) is 6.54 Å². The monoisotopic (exact) mass is 617 g/mol. The Bertz CT molecular complexity index is 1120. The zero-order chi connectivity index (χ0) is 32.3. The average molecular weight is 618 g/mol. The summed E-state index contributed by atoms with van der Waals surface area (Å²) in [5.74, 6) is -2.83. The number of nitrogens with two attached hydrogens (primary N) is 1. The van der Waals surface area contributed by atoms with E-state index < -0.39 is 65.1 Å². The fourth-order valence-electron chi connectivity index (χ4n) is 6.29. The van der Waals surface area contributed by atoms with Crippen molar-refractivity contribution < 1.29 is 33.5 Å². The van der Waals surface area contributed by atoms with Crippen LogP contribution in [0.3, 0.4) is 0 Å². The van der Waals surface area contributed by atoms with Gasteiger partial charge in [-0.3, -0.25) is 19.2 Å². The number of ketones is 1. The van der Waals surface area contributed by atoms with Crippen LogP contribution in [0.5, 0.6) is 0 Å². The van der Waals surface area contributed by atoms with Crippen molar-refractivity contribution >= 4 is 35.5 Å². The average Bonchev–Trinajstić information content (AvgIpc) is 3.85. The molecule has 12 nitrogen and oxygen atoms in total.